The van der Waals surface area contributed by atoms with E-state index in [9.17, 15) is 4.79 Å². The molecular weight excluding hydrogens is 200 g/mol. The van der Waals surface area contributed by atoms with E-state index in [4.69, 9.17) is 0 Å². The van der Waals surface area contributed by atoms with Gasteiger partial charge < -0.3 is 10.2 Å². The van der Waals surface area contributed by atoms with Gasteiger partial charge in [0.2, 0.25) is 5.91 Å². The quantitative estimate of drug-likeness (QED) is 0.561. The van der Waals surface area contributed by atoms with Gasteiger partial charge in [0.1, 0.15) is 0 Å². The number of rotatable bonds is 5. The molecule has 1 N–H and O–H groups in total. The fourth-order valence-corrected chi connectivity index (χ4v) is 2.82. The number of nitrogens with zero attached hydrogens (tertiary/aromatic N) is 1. The minimum Gasteiger partial charge on any atom is -0.356 e. The molecule has 1 fully saturated rings. The second-order valence-electron chi connectivity index (χ2n) is 5.33. The molecule has 3 atom stereocenters. The molecular formula is C13H22N2O. The fraction of sp³-hybridized carbons (Fsp3) is 0.769. The summed E-state index contributed by atoms with van der Waals surface area (Å²) in [5, 5.41) is 3.07. The Kier molecular flexibility index (Phi) is 3.64. The van der Waals surface area contributed by atoms with Crippen molar-refractivity contribution >= 4 is 5.91 Å². The van der Waals surface area contributed by atoms with Gasteiger partial charge in [-0.1, -0.05) is 12.2 Å². The molecule has 3 heteroatoms. The SMILES string of the molecule is CN(C)CCCNC(=O)C1CC2C=C[C@H]1C2. The van der Waals surface area contributed by atoms with Gasteiger partial charge in [-0.2, -0.15) is 0 Å². The Morgan fingerprint density at radius 3 is 2.75 bits per heavy atom. The van der Waals surface area contributed by atoms with E-state index in [-0.39, 0.29) is 11.8 Å². The summed E-state index contributed by atoms with van der Waals surface area (Å²) < 4.78 is 0. The molecule has 2 unspecified atom stereocenters. The molecule has 0 saturated heterocycles. The van der Waals surface area contributed by atoms with Crippen LogP contribution in [0.5, 0.6) is 0 Å². The first kappa shape index (κ1) is 11.6. The van der Waals surface area contributed by atoms with Crippen molar-refractivity contribution in [3.8, 4) is 0 Å². The Balaban J connectivity index is 1.67. The second-order valence-corrected chi connectivity index (χ2v) is 5.33. The first-order valence-electron chi connectivity index (χ1n) is 6.27. The van der Waals surface area contributed by atoms with Gasteiger partial charge in [-0.15, -0.1) is 0 Å². The average Bonchev–Trinajstić information content (AvgIpc) is 2.85. The van der Waals surface area contributed by atoms with Crippen molar-refractivity contribution in [2.24, 2.45) is 17.8 Å². The Morgan fingerprint density at radius 2 is 2.19 bits per heavy atom. The zero-order valence-corrected chi connectivity index (χ0v) is 10.3. The number of carbonyl (C=O) groups is 1. The minimum atomic E-state index is 0.259. The van der Waals surface area contributed by atoms with Gasteiger partial charge in [-0.25, -0.2) is 0 Å². The van der Waals surface area contributed by atoms with Crippen LogP contribution in [-0.2, 0) is 4.79 Å². The summed E-state index contributed by atoms with van der Waals surface area (Å²) in [6.45, 7) is 1.85. The first-order valence-corrected chi connectivity index (χ1v) is 6.27. The first-order chi connectivity index (χ1) is 7.66. The lowest BCUT2D eigenvalue weighted by atomic mass is 9.93. The summed E-state index contributed by atoms with van der Waals surface area (Å²) in [7, 11) is 4.12. The van der Waals surface area contributed by atoms with Crippen LogP contribution in [0.4, 0.5) is 0 Å². The van der Waals surface area contributed by atoms with E-state index >= 15 is 0 Å². The van der Waals surface area contributed by atoms with Crippen LogP contribution in [0.3, 0.4) is 0 Å². The number of allylic oxidation sites excluding steroid dienone is 2. The van der Waals surface area contributed by atoms with E-state index in [1.165, 1.54) is 6.42 Å². The molecule has 0 aromatic carbocycles. The number of nitrogens with one attached hydrogen (secondary N) is 1. The van der Waals surface area contributed by atoms with Crippen LogP contribution >= 0.6 is 0 Å². The van der Waals surface area contributed by atoms with Crippen LogP contribution in [0.25, 0.3) is 0 Å². The molecule has 90 valence electrons. The monoisotopic (exact) mass is 222 g/mol. The largest absolute Gasteiger partial charge is 0.356 e. The normalized spacial score (nSPS) is 31.3. The molecule has 0 heterocycles. The summed E-state index contributed by atoms with van der Waals surface area (Å²) in [5.41, 5.74) is 0. The van der Waals surface area contributed by atoms with Crippen LogP contribution in [0.1, 0.15) is 19.3 Å². The Bertz CT molecular complexity index is 286. The van der Waals surface area contributed by atoms with Crippen molar-refractivity contribution in [2.75, 3.05) is 27.2 Å². The lowest BCUT2D eigenvalue weighted by Gasteiger charge is -2.18. The van der Waals surface area contributed by atoms with E-state index in [1.807, 2.05) is 0 Å². The van der Waals surface area contributed by atoms with Crippen molar-refractivity contribution in [1.29, 1.82) is 0 Å². The zero-order valence-electron chi connectivity index (χ0n) is 10.3. The van der Waals surface area contributed by atoms with Crippen molar-refractivity contribution in [1.82, 2.24) is 10.2 Å². The number of hydrogen-bond donors (Lipinski definition) is 1. The number of fused-ring (bicyclic) bond motifs is 2. The van der Waals surface area contributed by atoms with Crippen LogP contribution in [0, 0.1) is 17.8 Å². The molecule has 0 aromatic heterocycles. The molecule has 2 aliphatic carbocycles. The Morgan fingerprint density at radius 1 is 1.38 bits per heavy atom. The second kappa shape index (κ2) is 5.00. The third kappa shape index (κ3) is 2.64. The van der Waals surface area contributed by atoms with Gasteiger partial charge >= 0.3 is 0 Å². The van der Waals surface area contributed by atoms with Crippen molar-refractivity contribution in [3.63, 3.8) is 0 Å². The predicted octanol–water partition coefficient (Wildman–Crippen LogP) is 1.27. The standard InChI is InChI=1S/C13H22N2O/c1-15(2)7-3-6-14-13(16)12-9-10-4-5-11(12)8-10/h4-5,10-12H,3,6-9H2,1-2H3,(H,14,16)/t10?,11-,12?/m0/s1. The van der Waals surface area contributed by atoms with E-state index in [1.54, 1.807) is 0 Å². The summed E-state index contributed by atoms with van der Waals surface area (Å²) in [6.07, 6.45) is 7.82. The highest BCUT2D eigenvalue weighted by atomic mass is 16.1. The van der Waals surface area contributed by atoms with Gasteiger partial charge in [0.25, 0.3) is 0 Å². The smallest absolute Gasteiger partial charge is 0.223 e. The third-order valence-corrected chi connectivity index (χ3v) is 3.70. The molecule has 3 nitrogen and oxygen atoms in total. The zero-order chi connectivity index (χ0) is 11.5. The maximum atomic E-state index is 11.9. The molecule has 2 rings (SSSR count). The summed E-state index contributed by atoms with van der Waals surface area (Å²) in [5.74, 6) is 1.74. The van der Waals surface area contributed by atoms with Crippen molar-refractivity contribution < 1.29 is 4.79 Å². The fourth-order valence-electron chi connectivity index (χ4n) is 2.82. The van der Waals surface area contributed by atoms with E-state index < -0.39 is 0 Å². The highest BCUT2D eigenvalue weighted by Crippen LogP contribution is 2.43. The average molecular weight is 222 g/mol. The lowest BCUT2D eigenvalue weighted by molar-refractivity contribution is -0.125. The molecule has 16 heavy (non-hydrogen) atoms. The molecule has 0 spiro atoms. The molecule has 0 aliphatic heterocycles. The maximum absolute atomic E-state index is 11.9. The van der Waals surface area contributed by atoms with Gasteiger partial charge in [0.05, 0.1) is 0 Å². The van der Waals surface area contributed by atoms with Gasteiger partial charge in [-0.05, 0) is 51.7 Å². The minimum absolute atomic E-state index is 0.259. The van der Waals surface area contributed by atoms with E-state index in [0.717, 1.165) is 25.9 Å². The molecule has 0 radical (unpaired) electrons. The Hall–Kier alpha value is -0.830. The number of amides is 1. The summed E-state index contributed by atoms with van der Waals surface area (Å²) in [6, 6.07) is 0. The van der Waals surface area contributed by atoms with Gasteiger partial charge in [0, 0.05) is 12.5 Å². The van der Waals surface area contributed by atoms with Crippen LogP contribution < -0.4 is 5.32 Å². The van der Waals surface area contributed by atoms with Crippen LogP contribution in [-0.4, -0.2) is 38.0 Å². The highest BCUT2D eigenvalue weighted by molar-refractivity contribution is 5.79. The summed E-state index contributed by atoms with van der Waals surface area (Å²) >= 11 is 0. The predicted molar refractivity (Wildman–Crippen MR) is 65.0 cm³/mol. The van der Waals surface area contributed by atoms with Crippen LogP contribution in [0.2, 0.25) is 0 Å². The third-order valence-electron chi connectivity index (χ3n) is 3.70. The molecule has 2 bridgehead atoms. The molecule has 1 amide bonds. The molecule has 0 aromatic rings. The Labute approximate surface area is 97.9 Å². The van der Waals surface area contributed by atoms with Crippen molar-refractivity contribution in [3.05, 3.63) is 12.2 Å². The number of carbonyl (C=O) groups excluding carboxylic acids is 1. The summed E-state index contributed by atoms with van der Waals surface area (Å²) in [4.78, 5) is 14.1. The van der Waals surface area contributed by atoms with Gasteiger partial charge in [0.15, 0.2) is 0 Å². The van der Waals surface area contributed by atoms with Crippen molar-refractivity contribution in [2.45, 2.75) is 19.3 Å². The van der Waals surface area contributed by atoms with E-state index in [0.29, 0.717) is 11.8 Å². The highest BCUT2D eigenvalue weighted by Gasteiger charge is 2.39. The molecule has 2 aliphatic rings. The topological polar surface area (TPSA) is 32.3 Å². The molecule has 1 saturated carbocycles. The lowest BCUT2D eigenvalue weighted by Crippen LogP contribution is -2.34. The van der Waals surface area contributed by atoms with Crippen LogP contribution in [0.15, 0.2) is 12.2 Å². The number of hydrogen-bond acceptors (Lipinski definition) is 2. The maximum Gasteiger partial charge on any atom is 0.223 e. The van der Waals surface area contributed by atoms with E-state index in [2.05, 4.69) is 36.5 Å². The van der Waals surface area contributed by atoms with Gasteiger partial charge in [-0.3, -0.25) is 4.79 Å².